The molecule has 1 unspecified atom stereocenters. The van der Waals surface area contributed by atoms with Crippen LogP contribution in [0, 0.1) is 5.92 Å². The van der Waals surface area contributed by atoms with Gasteiger partial charge in [0.25, 0.3) is 0 Å². The van der Waals surface area contributed by atoms with Crippen LogP contribution in [-0.4, -0.2) is 18.4 Å². The molecule has 2 aliphatic rings. The Bertz CT molecular complexity index is 213. The van der Waals surface area contributed by atoms with Crippen LogP contribution in [0.4, 0.5) is 0 Å². The van der Waals surface area contributed by atoms with Crippen LogP contribution in [0.5, 0.6) is 0 Å². The predicted octanol–water partition coefficient (Wildman–Crippen LogP) is 3.06. The Labute approximate surface area is 99.2 Å². The van der Waals surface area contributed by atoms with E-state index in [4.69, 9.17) is 0 Å². The molecule has 1 heterocycles. The van der Waals surface area contributed by atoms with Crippen molar-refractivity contribution in [2.75, 3.05) is 6.54 Å². The van der Waals surface area contributed by atoms with E-state index >= 15 is 0 Å². The Hall–Kier alpha value is -0.370. The zero-order chi connectivity index (χ0) is 11.2. The highest BCUT2D eigenvalue weighted by molar-refractivity contribution is 5.84. The van der Waals surface area contributed by atoms with Crippen LogP contribution in [0.1, 0.15) is 64.2 Å². The summed E-state index contributed by atoms with van der Waals surface area (Å²) in [4.78, 5) is 12.1. The topological polar surface area (TPSA) is 29.1 Å². The first-order valence-corrected chi connectivity index (χ1v) is 7.12. The van der Waals surface area contributed by atoms with Gasteiger partial charge in [-0.1, -0.05) is 44.9 Å². The van der Waals surface area contributed by atoms with Crippen LogP contribution in [-0.2, 0) is 4.79 Å². The van der Waals surface area contributed by atoms with Crippen LogP contribution in [0.25, 0.3) is 0 Å². The molecule has 16 heavy (non-hydrogen) atoms. The number of piperidine rings is 1. The Morgan fingerprint density at radius 1 is 0.938 bits per heavy atom. The maximum absolute atomic E-state index is 12.1. The molecule has 0 bridgehead atoms. The number of carbonyl (C=O) groups excluding carboxylic acids is 1. The van der Waals surface area contributed by atoms with Crippen molar-refractivity contribution in [2.24, 2.45) is 5.92 Å². The van der Waals surface area contributed by atoms with Crippen LogP contribution in [0.3, 0.4) is 0 Å². The normalized spacial score (nSPS) is 28.6. The van der Waals surface area contributed by atoms with Gasteiger partial charge in [-0.05, 0) is 25.3 Å². The second-order valence-electron chi connectivity index (χ2n) is 5.53. The Balaban J connectivity index is 1.76. The summed E-state index contributed by atoms with van der Waals surface area (Å²) in [6.07, 6.45) is 12.4. The molecule has 2 nitrogen and oxygen atoms in total. The third-order valence-electron chi connectivity index (χ3n) is 4.16. The summed E-state index contributed by atoms with van der Waals surface area (Å²) >= 11 is 0. The molecule has 1 N–H and O–H groups in total. The van der Waals surface area contributed by atoms with Gasteiger partial charge in [-0.15, -0.1) is 0 Å². The molecule has 2 rings (SSSR count). The second-order valence-corrected chi connectivity index (χ2v) is 5.53. The number of ketones is 1. The third-order valence-corrected chi connectivity index (χ3v) is 4.16. The Morgan fingerprint density at radius 3 is 2.25 bits per heavy atom. The van der Waals surface area contributed by atoms with Gasteiger partial charge in [0.15, 0.2) is 0 Å². The van der Waals surface area contributed by atoms with Crippen molar-refractivity contribution < 1.29 is 4.79 Å². The predicted molar refractivity (Wildman–Crippen MR) is 66.5 cm³/mol. The van der Waals surface area contributed by atoms with E-state index < -0.39 is 0 Å². The summed E-state index contributed by atoms with van der Waals surface area (Å²) in [6.45, 7) is 1.04. The van der Waals surface area contributed by atoms with Crippen molar-refractivity contribution in [3.8, 4) is 0 Å². The molecule has 1 atom stereocenters. The number of Topliss-reactive ketones (excluding diaryl/α,β-unsaturated/α-hetero) is 1. The van der Waals surface area contributed by atoms with Gasteiger partial charge in [0.1, 0.15) is 5.78 Å². The Kier molecular flexibility index (Phi) is 4.83. The number of hydrogen-bond acceptors (Lipinski definition) is 2. The minimum Gasteiger partial charge on any atom is -0.307 e. The molecule has 0 radical (unpaired) electrons. The lowest BCUT2D eigenvalue weighted by molar-refractivity contribution is -0.122. The maximum atomic E-state index is 12.1. The maximum Gasteiger partial charge on any atom is 0.150 e. The van der Waals surface area contributed by atoms with Crippen molar-refractivity contribution in [1.29, 1.82) is 0 Å². The standard InChI is InChI=1S/C14H25NO/c16-14(13-9-5-6-10-15-13)11-12-7-3-1-2-4-8-12/h12-13,15H,1-11H2. The summed E-state index contributed by atoms with van der Waals surface area (Å²) in [5.41, 5.74) is 0. The molecule has 1 aliphatic carbocycles. The van der Waals surface area contributed by atoms with Gasteiger partial charge in [0, 0.05) is 6.42 Å². The van der Waals surface area contributed by atoms with E-state index in [1.165, 1.54) is 51.4 Å². The van der Waals surface area contributed by atoms with Gasteiger partial charge in [-0.25, -0.2) is 0 Å². The van der Waals surface area contributed by atoms with Gasteiger partial charge in [-0.2, -0.15) is 0 Å². The minimum atomic E-state index is 0.192. The number of hydrogen-bond donors (Lipinski definition) is 1. The number of nitrogens with one attached hydrogen (secondary N) is 1. The fourth-order valence-electron chi connectivity index (χ4n) is 3.12. The first-order valence-electron chi connectivity index (χ1n) is 7.12. The van der Waals surface area contributed by atoms with E-state index in [0.717, 1.165) is 19.4 Å². The summed E-state index contributed by atoms with van der Waals surface area (Å²) in [7, 11) is 0. The van der Waals surface area contributed by atoms with Crippen LogP contribution in [0.15, 0.2) is 0 Å². The van der Waals surface area contributed by atoms with Gasteiger partial charge in [-0.3, -0.25) is 4.79 Å². The van der Waals surface area contributed by atoms with Crippen molar-refractivity contribution in [3.05, 3.63) is 0 Å². The van der Waals surface area contributed by atoms with E-state index in [9.17, 15) is 4.79 Å². The van der Waals surface area contributed by atoms with Crippen LogP contribution >= 0.6 is 0 Å². The molecule has 0 aromatic carbocycles. The lowest BCUT2D eigenvalue weighted by atomic mass is 9.90. The van der Waals surface area contributed by atoms with Crippen LogP contribution in [0.2, 0.25) is 0 Å². The lowest BCUT2D eigenvalue weighted by Crippen LogP contribution is -2.41. The van der Waals surface area contributed by atoms with E-state index in [-0.39, 0.29) is 6.04 Å². The van der Waals surface area contributed by atoms with E-state index in [1.807, 2.05) is 0 Å². The molecule has 2 fully saturated rings. The Morgan fingerprint density at radius 2 is 1.62 bits per heavy atom. The average Bonchev–Trinajstić information content (AvgIpc) is 2.59. The smallest absolute Gasteiger partial charge is 0.150 e. The van der Waals surface area contributed by atoms with Gasteiger partial charge >= 0.3 is 0 Å². The third kappa shape index (κ3) is 3.58. The van der Waals surface area contributed by atoms with E-state index in [0.29, 0.717) is 11.7 Å². The largest absolute Gasteiger partial charge is 0.307 e. The van der Waals surface area contributed by atoms with Gasteiger partial charge in [0.2, 0.25) is 0 Å². The monoisotopic (exact) mass is 223 g/mol. The second kappa shape index (κ2) is 6.39. The fourth-order valence-corrected chi connectivity index (χ4v) is 3.12. The molecule has 0 aromatic rings. The van der Waals surface area contributed by atoms with E-state index in [2.05, 4.69) is 5.32 Å². The van der Waals surface area contributed by atoms with E-state index in [1.54, 1.807) is 0 Å². The summed E-state index contributed by atoms with van der Waals surface area (Å²) < 4.78 is 0. The summed E-state index contributed by atoms with van der Waals surface area (Å²) in [5.74, 6) is 1.19. The molecule has 1 saturated carbocycles. The van der Waals surface area contributed by atoms with Crippen molar-refractivity contribution in [1.82, 2.24) is 5.32 Å². The average molecular weight is 223 g/mol. The molecular weight excluding hydrogens is 198 g/mol. The lowest BCUT2D eigenvalue weighted by Gasteiger charge is -2.24. The number of rotatable bonds is 3. The molecule has 0 amide bonds. The molecule has 1 aliphatic heterocycles. The van der Waals surface area contributed by atoms with Crippen molar-refractivity contribution >= 4 is 5.78 Å². The zero-order valence-electron chi connectivity index (χ0n) is 10.3. The quantitative estimate of drug-likeness (QED) is 0.745. The van der Waals surface area contributed by atoms with Gasteiger partial charge in [0.05, 0.1) is 6.04 Å². The summed E-state index contributed by atoms with van der Waals surface area (Å²) in [5, 5.41) is 3.37. The molecule has 92 valence electrons. The van der Waals surface area contributed by atoms with Crippen molar-refractivity contribution in [3.63, 3.8) is 0 Å². The molecule has 1 saturated heterocycles. The minimum absolute atomic E-state index is 0.192. The van der Waals surface area contributed by atoms with Crippen LogP contribution < -0.4 is 5.32 Å². The fraction of sp³-hybridized carbons (Fsp3) is 0.929. The molecule has 0 spiro atoms. The first kappa shape index (κ1) is 12.1. The highest BCUT2D eigenvalue weighted by Gasteiger charge is 2.23. The first-order chi connectivity index (χ1) is 7.86. The summed E-state index contributed by atoms with van der Waals surface area (Å²) in [6, 6.07) is 0.192. The molecule has 2 heteroatoms. The SMILES string of the molecule is O=C(CC1CCCCCC1)C1CCCCN1. The van der Waals surface area contributed by atoms with Crippen molar-refractivity contribution in [2.45, 2.75) is 70.3 Å². The highest BCUT2D eigenvalue weighted by atomic mass is 16.1. The highest BCUT2D eigenvalue weighted by Crippen LogP contribution is 2.26. The molecular formula is C14H25NO. The zero-order valence-corrected chi connectivity index (χ0v) is 10.3. The molecule has 0 aromatic heterocycles. The van der Waals surface area contributed by atoms with Gasteiger partial charge < -0.3 is 5.32 Å². The number of carbonyl (C=O) groups is 1.